The van der Waals surface area contributed by atoms with Crippen LogP contribution in [0.1, 0.15) is 6.92 Å². The summed E-state index contributed by atoms with van der Waals surface area (Å²) in [6.45, 7) is 1.95. The Kier molecular flexibility index (Phi) is 4.25. The average molecular weight is 246 g/mol. The van der Waals surface area contributed by atoms with Gasteiger partial charge in [-0.15, -0.1) is 0 Å². The number of halogens is 2. The van der Waals surface area contributed by atoms with Crippen LogP contribution in [0.15, 0.2) is 29.3 Å². The van der Waals surface area contributed by atoms with Gasteiger partial charge in [0.15, 0.2) is 0 Å². The minimum absolute atomic E-state index is 0.209. The average Bonchev–Trinajstić information content (AvgIpc) is 2.25. The predicted octanol–water partition coefficient (Wildman–Crippen LogP) is 3.26. The van der Waals surface area contributed by atoms with Crippen molar-refractivity contribution in [3.05, 3.63) is 45.2 Å². The highest BCUT2D eigenvalue weighted by Gasteiger charge is 2.14. The van der Waals surface area contributed by atoms with Crippen molar-refractivity contribution in [2.45, 2.75) is 6.92 Å². The number of ether oxygens (including phenoxy) is 1. The van der Waals surface area contributed by atoms with E-state index < -0.39 is 16.4 Å². The summed E-state index contributed by atoms with van der Waals surface area (Å²) in [7, 11) is 0. The Labute approximate surface area is 96.4 Å². The number of hydrogen-bond acceptors (Lipinski definition) is 3. The summed E-state index contributed by atoms with van der Waals surface area (Å²) in [5.74, 6) is -0.698. The molecule has 0 amide bonds. The molecule has 6 heteroatoms. The summed E-state index contributed by atoms with van der Waals surface area (Å²) in [6, 6.07) is 3.37. The minimum atomic E-state index is -0.921. The van der Waals surface area contributed by atoms with E-state index in [9.17, 15) is 14.5 Å². The molecule has 0 fully saturated rings. The van der Waals surface area contributed by atoms with E-state index >= 15 is 0 Å². The number of rotatable bonds is 4. The van der Waals surface area contributed by atoms with Crippen molar-refractivity contribution < 1.29 is 14.1 Å². The summed E-state index contributed by atoms with van der Waals surface area (Å²) in [5, 5.41) is 10.3. The van der Waals surface area contributed by atoms with Crippen LogP contribution in [0.2, 0.25) is 0 Å². The van der Waals surface area contributed by atoms with Gasteiger partial charge in [-0.2, -0.15) is 4.39 Å². The zero-order chi connectivity index (χ0) is 12.1. The molecule has 0 aromatic heterocycles. The first-order valence-corrected chi connectivity index (χ1v) is 4.81. The first-order valence-electron chi connectivity index (χ1n) is 4.37. The maximum absolute atomic E-state index is 13.1. The minimum Gasteiger partial charge on any atom is -0.489 e. The molecule has 0 heterocycles. The molecule has 1 aromatic carbocycles. The second-order valence-electron chi connectivity index (χ2n) is 3.11. The molecule has 16 heavy (non-hydrogen) atoms. The first kappa shape index (κ1) is 12.4. The Morgan fingerprint density at radius 1 is 1.69 bits per heavy atom. The standard InChI is InChI=1S/C10H9ClFNO3/c1-7(5-11)6-16-8-2-3-10(13(14)15)9(12)4-8/h2-5H,6H2,1H3/b7-5-. The van der Waals surface area contributed by atoms with Gasteiger partial charge in [-0.1, -0.05) is 11.6 Å². The molecule has 0 saturated heterocycles. The Balaban J connectivity index is 2.78. The summed E-state index contributed by atoms with van der Waals surface area (Å²) >= 11 is 5.41. The summed E-state index contributed by atoms with van der Waals surface area (Å²) in [4.78, 5) is 9.55. The zero-order valence-corrected chi connectivity index (χ0v) is 9.20. The number of nitrogens with zero attached hydrogens (tertiary/aromatic N) is 1. The van der Waals surface area contributed by atoms with Crippen LogP contribution in [0.4, 0.5) is 10.1 Å². The maximum atomic E-state index is 13.1. The Morgan fingerprint density at radius 3 is 2.88 bits per heavy atom. The molecule has 1 rings (SSSR count). The van der Waals surface area contributed by atoms with Gasteiger partial charge in [-0.25, -0.2) is 0 Å². The van der Waals surface area contributed by atoms with E-state index in [4.69, 9.17) is 16.3 Å². The van der Waals surface area contributed by atoms with Crippen molar-refractivity contribution in [1.29, 1.82) is 0 Å². The number of hydrogen-bond donors (Lipinski definition) is 0. The van der Waals surface area contributed by atoms with Crippen LogP contribution in [0.3, 0.4) is 0 Å². The lowest BCUT2D eigenvalue weighted by Crippen LogP contribution is -1.99. The summed E-state index contributed by atoms with van der Waals surface area (Å²) in [5.41, 5.74) is 1.54. The van der Waals surface area contributed by atoms with Crippen LogP contribution in [-0.2, 0) is 0 Å². The predicted molar refractivity (Wildman–Crippen MR) is 58.2 cm³/mol. The first-order chi connectivity index (χ1) is 7.54. The highest BCUT2D eigenvalue weighted by molar-refractivity contribution is 6.25. The van der Waals surface area contributed by atoms with Gasteiger partial charge in [0.1, 0.15) is 12.4 Å². The molecule has 0 unspecified atom stereocenters. The largest absolute Gasteiger partial charge is 0.489 e. The molecule has 0 bridgehead atoms. The van der Waals surface area contributed by atoms with Gasteiger partial charge in [0.2, 0.25) is 5.82 Å². The van der Waals surface area contributed by atoms with E-state index in [-0.39, 0.29) is 12.4 Å². The molecule has 86 valence electrons. The molecular formula is C10H9ClFNO3. The van der Waals surface area contributed by atoms with Gasteiger partial charge >= 0.3 is 5.69 Å². The molecule has 1 aromatic rings. The van der Waals surface area contributed by atoms with E-state index in [2.05, 4.69) is 0 Å². The molecular weight excluding hydrogens is 237 g/mol. The Bertz CT molecular complexity index is 434. The molecule has 0 N–H and O–H groups in total. The number of benzene rings is 1. The molecule has 4 nitrogen and oxygen atoms in total. The summed E-state index contributed by atoms with van der Waals surface area (Å²) in [6.07, 6.45) is 0. The molecule has 0 radical (unpaired) electrons. The Morgan fingerprint density at radius 2 is 2.38 bits per heavy atom. The normalized spacial score (nSPS) is 11.3. The quantitative estimate of drug-likeness (QED) is 0.604. The van der Waals surface area contributed by atoms with Crippen LogP contribution in [-0.4, -0.2) is 11.5 Å². The fourth-order valence-electron chi connectivity index (χ4n) is 0.954. The molecule has 0 aliphatic heterocycles. The van der Waals surface area contributed by atoms with Crippen LogP contribution >= 0.6 is 11.6 Å². The van der Waals surface area contributed by atoms with Crippen molar-refractivity contribution in [2.75, 3.05) is 6.61 Å². The summed E-state index contributed by atoms with van der Waals surface area (Å²) < 4.78 is 18.3. The SMILES string of the molecule is C/C(=C/Cl)COc1ccc([N+](=O)[O-])c(F)c1. The molecule has 0 saturated carbocycles. The highest BCUT2D eigenvalue weighted by atomic mass is 35.5. The molecule has 0 aliphatic rings. The van der Waals surface area contributed by atoms with Crippen molar-refractivity contribution in [2.24, 2.45) is 0 Å². The van der Waals surface area contributed by atoms with Gasteiger partial charge in [-0.3, -0.25) is 10.1 Å². The van der Waals surface area contributed by atoms with E-state index in [0.29, 0.717) is 0 Å². The lowest BCUT2D eigenvalue weighted by molar-refractivity contribution is -0.387. The van der Waals surface area contributed by atoms with Gasteiger partial charge in [-0.05, 0) is 18.6 Å². The third-order valence-electron chi connectivity index (χ3n) is 1.77. The maximum Gasteiger partial charge on any atom is 0.305 e. The zero-order valence-electron chi connectivity index (χ0n) is 8.44. The van der Waals surface area contributed by atoms with Crippen LogP contribution in [0, 0.1) is 15.9 Å². The second kappa shape index (κ2) is 5.46. The lowest BCUT2D eigenvalue weighted by atomic mass is 10.3. The number of nitro groups is 1. The topological polar surface area (TPSA) is 52.4 Å². The second-order valence-corrected chi connectivity index (χ2v) is 3.33. The van der Waals surface area contributed by atoms with Gasteiger partial charge in [0, 0.05) is 17.7 Å². The van der Waals surface area contributed by atoms with E-state index in [1.54, 1.807) is 6.92 Å². The fraction of sp³-hybridized carbons (Fsp3) is 0.200. The van der Waals surface area contributed by atoms with E-state index in [1.807, 2.05) is 0 Å². The monoisotopic (exact) mass is 245 g/mol. The molecule has 0 atom stereocenters. The van der Waals surface area contributed by atoms with Gasteiger partial charge in [0.05, 0.1) is 4.92 Å². The fourth-order valence-corrected chi connectivity index (χ4v) is 1.02. The molecule has 0 spiro atoms. The van der Waals surface area contributed by atoms with Crippen LogP contribution in [0.5, 0.6) is 5.75 Å². The van der Waals surface area contributed by atoms with Crippen LogP contribution < -0.4 is 4.74 Å². The molecule has 0 aliphatic carbocycles. The van der Waals surface area contributed by atoms with Crippen molar-refractivity contribution in [1.82, 2.24) is 0 Å². The highest BCUT2D eigenvalue weighted by Crippen LogP contribution is 2.22. The lowest BCUT2D eigenvalue weighted by Gasteiger charge is -2.05. The van der Waals surface area contributed by atoms with Crippen molar-refractivity contribution >= 4 is 17.3 Å². The van der Waals surface area contributed by atoms with Gasteiger partial charge < -0.3 is 4.74 Å². The Hall–Kier alpha value is -1.62. The van der Waals surface area contributed by atoms with E-state index in [0.717, 1.165) is 17.7 Å². The smallest absolute Gasteiger partial charge is 0.305 e. The van der Waals surface area contributed by atoms with Gasteiger partial charge in [0.25, 0.3) is 0 Å². The third-order valence-corrected chi connectivity index (χ3v) is 2.14. The van der Waals surface area contributed by atoms with Crippen molar-refractivity contribution in [3.8, 4) is 5.75 Å². The number of nitro benzene ring substituents is 1. The van der Waals surface area contributed by atoms with Crippen LogP contribution in [0.25, 0.3) is 0 Å². The van der Waals surface area contributed by atoms with E-state index in [1.165, 1.54) is 11.6 Å². The van der Waals surface area contributed by atoms with Crippen molar-refractivity contribution in [3.63, 3.8) is 0 Å². The third kappa shape index (κ3) is 3.20.